The normalized spacial score (nSPS) is 11.7. The molecule has 0 radical (unpaired) electrons. The standard InChI is InChI=1S/C18H21ClN2O4S/c1-12(2)21(3)26(23,24)15-8-6-14(7-9-15)20-18(22)16-10-5-13(19)11-17(16)25-4/h5-12H,1-4H3,(H,20,22). The van der Waals surface area contributed by atoms with E-state index in [1.54, 1.807) is 44.2 Å². The number of methoxy groups -OCH3 is 1. The first-order chi connectivity index (χ1) is 12.2. The van der Waals surface area contributed by atoms with Crippen molar-refractivity contribution in [2.45, 2.75) is 24.8 Å². The fourth-order valence-corrected chi connectivity index (χ4v) is 3.73. The van der Waals surface area contributed by atoms with Crippen LogP contribution in [0, 0.1) is 0 Å². The van der Waals surface area contributed by atoms with Crippen molar-refractivity contribution < 1.29 is 17.9 Å². The molecule has 8 heteroatoms. The SMILES string of the molecule is COc1cc(Cl)ccc1C(=O)Nc1ccc(S(=O)(=O)N(C)C(C)C)cc1. The molecule has 0 unspecified atom stereocenters. The summed E-state index contributed by atoms with van der Waals surface area (Å²) in [6.45, 7) is 3.59. The minimum Gasteiger partial charge on any atom is -0.496 e. The molecule has 26 heavy (non-hydrogen) atoms. The Morgan fingerprint density at radius 2 is 1.77 bits per heavy atom. The van der Waals surface area contributed by atoms with Gasteiger partial charge < -0.3 is 10.1 Å². The largest absolute Gasteiger partial charge is 0.496 e. The van der Waals surface area contributed by atoms with Crippen molar-refractivity contribution in [2.75, 3.05) is 19.5 Å². The maximum absolute atomic E-state index is 12.5. The Bertz CT molecular complexity index is 896. The zero-order chi connectivity index (χ0) is 19.5. The van der Waals surface area contributed by atoms with Crippen LogP contribution in [0.1, 0.15) is 24.2 Å². The van der Waals surface area contributed by atoms with Crippen LogP contribution >= 0.6 is 11.6 Å². The lowest BCUT2D eigenvalue weighted by molar-refractivity contribution is 0.102. The summed E-state index contributed by atoms with van der Waals surface area (Å²) in [5.41, 5.74) is 0.797. The van der Waals surface area contributed by atoms with E-state index in [0.717, 1.165) is 0 Å². The first kappa shape index (κ1) is 20.2. The molecule has 0 saturated carbocycles. The summed E-state index contributed by atoms with van der Waals surface area (Å²) in [7, 11) is -0.583. The van der Waals surface area contributed by atoms with E-state index >= 15 is 0 Å². The van der Waals surface area contributed by atoms with Crippen LogP contribution in [0.3, 0.4) is 0 Å². The topological polar surface area (TPSA) is 75.7 Å². The van der Waals surface area contributed by atoms with E-state index in [9.17, 15) is 13.2 Å². The highest BCUT2D eigenvalue weighted by molar-refractivity contribution is 7.89. The van der Waals surface area contributed by atoms with Gasteiger partial charge in [0, 0.05) is 23.8 Å². The molecular weight excluding hydrogens is 376 g/mol. The second-order valence-electron chi connectivity index (χ2n) is 5.94. The molecule has 2 aromatic rings. The number of sulfonamides is 1. The number of nitrogens with zero attached hydrogens (tertiary/aromatic N) is 1. The van der Waals surface area contributed by atoms with Gasteiger partial charge in [-0.1, -0.05) is 11.6 Å². The van der Waals surface area contributed by atoms with E-state index in [4.69, 9.17) is 16.3 Å². The Labute approximate surface area is 158 Å². The number of rotatable bonds is 6. The molecule has 2 aromatic carbocycles. The number of halogens is 1. The predicted octanol–water partition coefficient (Wildman–Crippen LogP) is 3.63. The first-order valence-corrected chi connectivity index (χ1v) is 9.71. The van der Waals surface area contributed by atoms with Gasteiger partial charge in [0.05, 0.1) is 17.6 Å². The lowest BCUT2D eigenvalue weighted by Crippen LogP contribution is -2.33. The van der Waals surface area contributed by atoms with Crippen molar-refractivity contribution in [1.82, 2.24) is 4.31 Å². The number of hydrogen-bond donors (Lipinski definition) is 1. The minimum absolute atomic E-state index is 0.156. The summed E-state index contributed by atoms with van der Waals surface area (Å²) in [5, 5.41) is 3.17. The Balaban J connectivity index is 2.21. The van der Waals surface area contributed by atoms with Gasteiger partial charge in [-0.2, -0.15) is 4.31 Å². The lowest BCUT2D eigenvalue weighted by Gasteiger charge is -2.21. The van der Waals surface area contributed by atoms with Gasteiger partial charge in [-0.25, -0.2) is 8.42 Å². The van der Waals surface area contributed by atoms with E-state index in [1.165, 1.54) is 30.6 Å². The van der Waals surface area contributed by atoms with Gasteiger partial charge in [0.25, 0.3) is 5.91 Å². The highest BCUT2D eigenvalue weighted by atomic mass is 35.5. The van der Waals surface area contributed by atoms with Crippen LogP contribution in [-0.2, 0) is 10.0 Å². The van der Waals surface area contributed by atoms with Crippen LogP contribution in [0.5, 0.6) is 5.75 Å². The third-order valence-corrected chi connectivity index (χ3v) is 6.21. The van der Waals surface area contributed by atoms with E-state index < -0.39 is 10.0 Å². The van der Waals surface area contributed by atoms with Crippen LogP contribution < -0.4 is 10.1 Å². The Morgan fingerprint density at radius 3 is 2.31 bits per heavy atom. The lowest BCUT2D eigenvalue weighted by atomic mass is 10.2. The molecule has 1 amide bonds. The van der Waals surface area contributed by atoms with E-state index in [2.05, 4.69) is 5.32 Å². The molecule has 0 aromatic heterocycles. The summed E-state index contributed by atoms with van der Waals surface area (Å²) in [4.78, 5) is 12.6. The molecular formula is C18H21ClN2O4S. The number of amides is 1. The van der Waals surface area contributed by atoms with Crippen LogP contribution in [0.25, 0.3) is 0 Å². The fraction of sp³-hybridized carbons (Fsp3) is 0.278. The van der Waals surface area contributed by atoms with Crippen molar-refractivity contribution in [3.8, 4) is 5.75 Å². The van der Waals surface area contributed by atoms with Crippen LogP contribution in [0.2, 0.25) is 5.02 Å². The maximum Gasteiger partial charge on any atom is 0.259 e. The number of carbonyl (C=O) groups is 1. The van der Waals surface area contributed by atoms with Crippen LogP contribution in [-0.4, -0.2) is 38.8 Å². The number of anilines is 1. The smallest absolute Gasteiger partial charge is 0.259 e. The molecule has 0 spiro atoms. The highest BCUT2D eigenvalue weighted by Crippen LogP contribution is 2.25. The average Bonchev–Trinajstić information content (AvgIpc) is 2.61. The number of carbonyl (C=O) groups excluding carboxylic acids is 1. The van der Waals surface area contributed by atoms with Crippen LogP contribution in [0.15, 0.2) is 47.4 Å². The van der Waals surface area contributed by atoms with Gasteiger partial charge in [0.15, 0.2) is 0 Å². The Hall–Kier alpha value is -2.09. The zero-order valence-corrected chi connectivity index (χ0v) is 16.6. The van der Waals surface area contributed by atoms with Crippen molar-refractivity contribution in [3.63, 3.8) is 0 Å². The molecule has 140 valence electrons. The van der Waals surface area contributed by atoms with E-state index in [0.29, 0.717) is 22.0 Å². The molecule has 0 fully saturated rings. The molecule has 2 rings (SSSR count). The van der Waals surface area contributed by atoms with Crippen molar-refractivity contribution >= 4 is 33.2 Å². The van der Waals surface area contributed by atoms with Gasteiger partial charge in [0.1, 0.15) is 5.75 Å². The number of hydrogen-bond acceptors (Lipinski definition) is 4. The maximum atomic E-state index is 12.5. The van der Waals surface area contributed by atoms with Crippen molar-refractivity contribution in [1.29, 1.82) is 0 Å². The molecule has 0 aliphatic carbocycles. The molecule has 0 bridgehead atoms. The van der Waals surface area contributed by atoms with E-state index in [1.807, 2.05) is 0 Å². The zero-order valence-electron chi connectivity index (χ0n) is 15.0. The van der Waals surface area contributed by atoms with Crippen LogP contribution in [0.4, 0.5) is 5.69 Å². The Kier molecular flexibility index (Phi) is 6.28. The monoisotopic (exact) mass is 396 g/mol. The number of ether oxygens (including phenoxy) is 1. The molecule has 0 atom stereocenters. The second kappa shape index (κ2) is 8.07. The van der Waals surface area contributed by atoms with E-state index in [-0.39, 0.29) is 16.8 Å². The number of benzene rings is 2. The Morgan fingerprint density at radius 1 is 1.15 bits per heavy atom. The summed E-state index contributed by atoms with van der Waals surface area (Å²) in [6, 6.07) is 10.6. The summed E-state index contributed by atoms with van der Waals surface area (Å²) >= 11 is 5.90. The van der Waals surface area contributed by atoms with Crippen molar-refractivity contribution in [3.05, 3.63) is 53.1 Å². The van der Waals surface area contributed by atoms with Crippen molar-refractivity contribution in [2.24, 2.45) is 0 Å². The molecule has 0 saturated heterocycles. The van der Waals surface area contributed by atoms with Gasteiger partial charge in [-0.15, -0.1) is 0 Å². The summed E-state index contributed by atoms with van der Waals surface area (Å²) in [6.07, 6.45) is 0. The average molecular weight is 397 g/mol. The first-order valence-electron chi connectivity index (χ1n) is 7.90. The molecule has 1 N–H and O–H groups in total. The summed E-state index contributed by atoms with van der Waals surface area (Å²) in [5.74, 6) is -0.0267. The fourth-order valence-electron chi connectivity index (χ4n) is 2.21. The number of nitrogens with one attached hydrogen (secondary N) is 1. The molecule has 0 heterocycles. The third kappa shape index (κ3) is 4.35. The third-order valence-electron chi connectivity index (χ3n) is 3.92. The second-order valence-corrected chi connectivity index (χ2v) is 8.37. The van der Waals surface area contributed by atoms with Gasteiger partial charge in [0.2, 0.25) is 10.0 Å². The summed E-state index contributed by atoms with van der Waals surface area (Å²) < 4.78 is 31.4. The minimum atomic E-state index is -3.57. The van der Waals surface area contributed by atoms with Gasteiger partial charge >= 0.3 is 0 Å². The molecule has 0 aliphatic rings. The van der Waals surface area contributed by atoms with Gasteiger partial charge in [-0.3, -0.25) is 4.79 Å². The van der Waals surface area contributed by atoms with Gasteiger partial charge in [-0.05, 0) is 56.3 Å². The molecule has 6 nitrogen and oxygen atoms in total. The quantitative estimate of drug-likeness (QED) is 0.808. The molecule has 0 aliphatic heterocycles. The predicted molar refractivity (Wildman–Crippen MR) is 102 cm³/mol. The highest BCUT2D eigenvalue weighted by Gasteiger charge is 2.23.